The Hall–Kier alpha value is -1.38. The average molecular weight is 462 g/mol. The fourth-order valence-electron chi connectivity index (χ4n) is 4.96. The number of rotatable bonds is 5. The lowest BCUT2D eigenvalue weighted by molar-refractivity contribution is -0.129. The van der Waals surface area contributed by atoms with Crippen LogP contribution in [-0.4, -0.2) is 51.9 Å². The largest absolute Gasteiger partial charge is 0.376 e. The van der Waals surface area contributed by atoms with Crippen LogP contribution >= 0.6 is 23.1 Å². The van der Waals surface area contributed by atoms with Gasteiger partial charge in [0.25, 0.3) is 5.56 Å². The first-order valence-electron chi connectivity index (χ1n) is 11.7. The summed E-state index contributed by atoms with van der Waals surface area (Å²) < 4.78 is 7.64. The second-order valence-electron chi connectivity index (χ2n) is 9.19. The third-order valence-corrected chi connectivity index (χ3v) is 9.06. The number of likely N-dealkylation sites (tertiary alicyclic amines) is 1. The van der Waals surface area contributed by atoms with E-state index >= 15 is 0 Å². The van der Waals surface area contributed by atoms with Gasteiger partial charge in [0.2, 0.25) is 5.91 Å². The molecule has 0 bridgehead atoms. The van der Waals surface area contributed by atoms with E-state index in [1.54, 1.807) is 15.9 Å². The molecule has 0 saturated carbocycles. The van der Waals surface area contributed by atoms with Gasteiger partial charge in [0, 0.05) is 24.6 Å². The number of thiophene rings is 1. The van der Waals surface area contributed by atoms with Crippen LogP contribution in [0.15, 0.2) is 9.95 Å². The van der Waals surface area contributed by atoms with E-state index in [1.807, 2.05) is 4.90 Å². The number of fused-ring (bicyclic) bond motifs is 3. The fourth-order valence-corrected chi connectivity index (χ4v) is 7.17. The number of thioether (sulfide) groups is 1. The third kappa shape index (κ3) is 4.44. The van der Waals surface area contributed by atoms with Crippen LogP contribution in [0.5, 0.6) is 0 Å². The van der Waals surface area contributed by atoms with Crippen LogP contribution in [0.3, 0.4) is 0 Å². The molecule has 3 aliphatic rings. The van der Waals surface area contributed by atoms with Gasteiger partial charge in [0.15, 0.2) is 5.16 Å². The minimum Gasteiger partial charge on any atom is -0.376 e. The Bertz CT molecular complexity index is 1020. The quantitative estimate of drug-likeness (QED) is 0.500. The van der Waals surface area contributed by atoms with Crippen molar-refractivity contribution in [1.29, 1.82) is 0 Å². The number of hydrogen-bond acceptors (Lipinski definition) is 6. The number of piperidine rings is 1. The Morgan fingerprint density at radius 3 is 2.77 bits per heavy atom. The van der Waals surface area contributed by atoms with Gasteiger partial charge in [-0.15, -0.1) is 11.3 Å². The SMILES string of the molecule is CC1CCN(C(=O)CSc2nc3sc4c(c3c(=O)n2C[C@H]2CCCO2)CCCC4)CC1. The molecule has 2 fully saturated rings. The van der Waals surface area contributed by atoms with Gasteiger partial charge in [-0.2, -0.15) is 0 Å². The van der Waals surface area contributed by atoms with Crippen LogP contribution in [0.2, 0.25) is 0 Å². The standard InChI is InChI=1S/C23H31N3O3S2/c1-15-8-10-25(11-9-15)19(27)14-30-23-24-21-20(17-6-2-3-7-18(17)31-21)22(28)26(23)13-16-5-4-12-29-16/h15-16H,2-14H2,1H3/t16-/m1/s1. The van der Waals surface area contributed by atoms with E-state index in [-0.39, 0.29) is 17.6 Å². The predicted octanol–water partition coefficient (Wildman–Crippen LogP) is 3.87. The lowest BCUT2D eigenvalue weighted by atomic mass is 9.97. The zero-order valence-corrected chi connectivity index (χ0v) is 19.9. The normalized spacial score (nSPS) is 22.2. The molecule has 6 nitrogen and oxygen atoms in total. The molecule has 1 atom stereocenters. The summed E-state index contributed by atoms with van der Waals surface area (Å²) >= 11 is 3.10. The van der Waals surface area contributed by atoms with Crippen molar-refractivity contribution >= 4 is 39.2 Å². The van der Waals surface area contributed by atoms with Crippen LogP contribution in [0.25, 0.3) is 10.2 Å². The highest BCUT2D eigenvalue weighted by Crippen LogP contribution is 2.35. The van der Waals surface area contributed by atoms with Crippen molar-refractivity contribution in [3.05, 3.63) is 20.8 Å². The van der Waals surface area contributed by atoms with Crippen molar-refractivity contribution in [3.8, 4) is 0 Å². The van der Waals surface area contributed by atoms with E-state index < -0.39 is 0 Å². The minimum absolute atomic E-state index is 0.0571. The number of ether oxygens (including phenoxy) is 1. The first-order valence-corrected chi connectivity index (χ1v) is 13.5. The molecule has 0 spiro atoms. The molecule has 0 unspecified atom stereocenters. The highest BCUT2D eigenvalue weighted by Gasteiger charge is 2.26. The predicted molar refractivity (Wildman–Crippen MR) is 125 cm³/mol. The second-order valence-corrected chi connectivity index (χ2v) is 11.2. The highest BCUT2D eigenvalue weighted by molar-refractivity contribution is 7.99. The van der Waals surface area contributed by atoms with Gasteiger partial charge in [-0.1, -0.05) is 18.7 Å². The number of carbonyl (C=O) groups is 1. The Kier molecular flexibility index (Phi) is 6.40. The average Bonchev–Trinajstić information content (AvgIpc) is 3.42. The van der Waals surface area contributed by atoms with Gasteiger partial charge >= 0.3 is 0 Å². The van der Waals surface area contributed by atoms with Gasteiger partial charge in [0.05, 0.1) is 23.8 Å². The van der Waals surface area contributed by atoms with Crippen LogP contribution in [0.4, 0.5) is 0 Å². The molecular weight excluding hydrogens is 430 g/mol. The van der Waals surface area contributed by atoms with Gasteiger partial charge in [-0.3, -0.25) is 14.2 Å². The monoisotopic (exact) mass is 461 g/mol. The molecule has 2 aromatic heterocycles. The molecule has 2 saturated heterocycles. The summed E-state index contributed by atoms with van der Waals surface area (Å²) in [5.41, 5.74) is 1.28. The number of amides is 1. The summed E-state index contributed by atoms with van der Waals surface area (Å²) in [5, 5.41) is 1.49. The molecule has 5 rings (SSSR count). The molecular formula is C23H31N3O3S2. The van der Waals surface area contributed by atoms with Crippen molar-refractivity contribution in [2.24, 2.45) is 5.92 Å². The second kappa shape index (κ2) is 9.24. The summed E-state index contributed by atoms with van der Waals surface area (Å²) in [6.45, 7) is 5.22. The molecule has 4 heterocycles. The van der Waals surface area contributed by atoms with Crippen molar-refractivity contribution in [1.82, 2.24) is 14.5 Å². The molecule has 0 aromatic carbocycles. The maximum atomic E-state index is 13.6. The van der Waals surface area contributed by atoms with Crippen molar-refractivity contribution in [3.63, 3.8) is 0 Å². The summed E-state index contributed by atoms with van der Waals surface area (Å²) in [4.78, 5) is 35.5. The number of hydrogen-bond donors (Lipinski definition) is 0. The molecule has 168 valence electrons. The van der Waals surface area contributed by atoms with Crippen LogP contribution in [0, 0.1) is 5.92 Å². The summed E-state index contributed by atoms with van der Waals surface area (Å²) in [6, 6.07) is 0. The lowest BCUT2D eigenvalue weighted by Gasteiger charge is -2.30. The molecule has 0 radical (unpaired) electrons. The fraction of sp³-hybridized carbons (Fsp3) is 0.696. The zero-order valence-electron chi connectivity index (χ0n) is 18.2. The van der Waals surface area contributed by atoms with Crippen molar-refractivity contribution < 1.29 is 9.53 Å². The van der Waals surface area contributed by atoms with E-state index in [2.05, 4.69) is 6.92 Å². The van der Waals surface area contributed by atoms with Gasteiger partial charge < -0.3 is 9.64 Å². The van der Waals surface area contributed by atoms with Crippen LogP contribution in [0.1, 0.15) is 55.9 Å². The molecule has 0 N–H and O–H groups in total. The maximum Gasteiger partial charge on any atom is 0.263 e. The van der Waals surface area contributed by atoms with Crippen LogP contribution in [-0.2, 0) is 28.9 Å². The van der Waals surface area contributed by atoms with E-state index in [1.165, 1.54) is 28.6 Å². The number of aromatic nitrogens is 2. The van der Waals surface area contributed by atoms with Gasteiger partial charge in [-0.05, 0) is 62.8 Å². The molecule has 1 aliphatic carbocycles. The molecule has 2 aliphatic heterocycles. The van der Waals surface area contributed by atoms with Crippen molar-refractivity contribution in [2.75, 3.05) is 25.4 Å². The van der Waals surface area contributed by atoms with Gasteiger partial charge in [0.1, 0.15) is 4.83 Å². The van der Waals surface area contributed by atoms with Crippen LogP contribution < -0.4 is 5.56 Å². The Labute approximate surface area is 191 Å². The molecule has 31 heavy (non-hydrogen) atoms. The van der Waals surface area contributed by atoms with Crippen molar-refractivity contribution in [2.45, 2.75) is 76.1 Å². The zero-order chi connectivity index (χ0) is 21.4. The minimum atomic E-state index is 0.0571. The number of nitrogens with zero attached hydrogens (tertiary/aromatic N) is 3. The Balaban J connectivity index is 1.43. The van der Waals surface area contributed by atoms with E-state index in [9.17, 15) is 9.59 Å². The van der Waals surface area contributed by atoms with E-state index in [0.29, 0.717) is 23.4 Å². The first kappa shape index (κ1) is 21.5. The number of aryl methyl sites for hydroxylation is 2. The Morgan fingerprint density at radius 1 is 1.19 bits per heavy atom. The topological polar surface area (TPSA) is 64.4 Å². The number of carbonyl (C=O) groups excluding carboxylic acids is 1. The lowest BCUT2D eigenvalue weighted by Crippen LogP contribution is -2.39. The van der Waals surface area contributed by atoms with Gasteiger partial charge in [-0.25, -0.2) is 4.98 Å². The van der Waals surface area contributed by atoms with E-state index in [4.69, 9.17) is 9.72 Å². The summed E-state index contributed by atoms with van der Waals surface area (Å²) in [7, 11) is 0. The summed E-state index contributed by atoms with van der Waals surface area (Å²) in [5.74, 6) is 1.19. The highest BCUT2D eigenvalue weighted by atomic mass is 32.2. The molecule has 8 heteroatoms. The Morgan fingerprint density at radius 2 is 2.00 bits per heavy atom. The maximum absolute atomic E-state index is 13.6. The molecule has 2 aromatic rings. The smallest absolute Gasteiger partial charge is 0.263 e. The first-order chi connectivity index (χ1) is 15.1. The summed E-state index contributed by atoms with van der Waals surface area (Å²) in [6.07, 6.45) is 8.58. The van der Waals surface area contributed by atoms with E-state index in [0.717, 1.165) is 74.9 Å². The third-order valence-electron chi connectivity index (χ3n) is 6.91. The molecule has 1 amide bonds.